The molecule has 78 valence electrons. The van der Waals surface area contributed by atoms with E-state index in [9.17, 15) is 4.79 Å². The molecule has 1 atom stereocenters. The summed E-state index contributed by atoms with van der Waals surface area (Å²) in [5, 5.41) is 0. The molecule has 3 nitrogen and oxygen atoms in total. The fourth-order valence-electron chi connectivity index (χ4n) is 1.07. The van der Waals surface area contributed by atoms with Gasteiger partial charge in [-0.25, -0.2) is 4.79 Å². The summed E-state index contributed by atoms with van der Waals surface area (Å²) in [6, 6.07) is 7.07. The minimum Gasteiger partial charge on any atom is -0.465 e. The lowest BCUT2D eigenvalue weighted by atomic mass is 10.1. The zero-order valence-corrected chi connectivity index (χ0v) is 9.28. The van der Waals surface area contributed by atoms with E-state index in [2.05, 4.69) is 4.74 Å². The van der Waals surface area contributed by atoms with Crippen molar-refractivity contribution in [3.8, 4) is 0 Å². The Hall–Kier alpha value is -1.00. The molecule has 1 rings (SSSR count). The molecule has 0 saturated carbocycles. The molecule has 0 aromatic heterocycles. The first kappa shape index (κ1) is 13.0. The topological polar surface area (TPSA) is 52.3 Å². The highest BCUT2D eigenvalue weighted by Gasteiger charge is 2.06. The number of hydrogen-bond donors (Lipinski definition) is 1. The molecule has 0 fully saturated rings. The van der Waals surface area contributed by atoms with Gasteiger partial charge in [0, 0.05) is 6.04 Å². The molecule has 0 aliphatic carbocycles. The first-order chi connectivity index (χ1) is 6.15. The van der Waals surface area contributed by atoms with Crippen LogP contribution in [0.5, 0.6) is 0 Å². The number of carbonyl (C=O) groups is 1. The summed E-state index contributed by atoms with van der Waals surface area (Å²) in [4.78, 5) is 11.1. The van der Waals surface area contributed by atoms with Crippen molar-refractivity contribution in [2.75, 3.05) is 7.11 Å². The zero-order valence-electron chi connectivity index (χ0n) is 8.28. The molecule has 1 aromatic rings. The minimum atomic E-state index is -0.331. The van der Waals surface area contributed by atoms with E-state index in [4.69, 9.17) is 5.73 Å². The second-order valence-corrected chi connectivity index (χ2v) is 2.91. The highest BCUT2D eigenvalue weighted by Crippen LogP contribution is 2.12. The van der Waals surface area contributed by atoms with Crippen molar-refractivity contribution in [1.29, 1.82) is 0 Å². The van der Waals surface area contributed by atoms with Crippen LogP contribution in [0, 0.1) is 0 Å². The van der Waals surface area contributed by atoms with E-state index in [1.807, 2.05) is 13.0 Å². The summed E-state index contributed by atoms with van der Waals surface area (Å²) in [7, 11) is 1.36. The largest absolute Gasteiger partial charge is 0.465 e. The minimum absolute atomic E-state index is 0. The van der Waals surface area contributed by atoms with Gasteiger partial charge in [-0.2, -0.15) is 13.5 Å². The lowest BCUT2D eigenvalue weighted by Gasteiger charge is -2.06. The maximum Gasteiger partial charge on any atom is 0.337 e. The highest BCUT2D eigenvalue weighted by atomic mass is 32.1. The molecule has 0 saturated heterocycles. The van der Waals surface area contributed by atoms with Crippen molar-refractivity contribution < 1.29 is 9.53 Å². The van der Waals surface area contributed by atoms with Crippen LogP contribution in [0.25, 0.3) is 0 Å². The van der Waals surface area contributed by atoms with Gasteiger partial charge in [0.05, 0.1) is 12.7 Å². The predicted molar refractivity (Wildman–Crippen MR) is 60.8 cm³/mol. The smallest absolute Gasteiger partial charge is 0.337 e. The van der Waals surface area contributed by atoms with Crippen LogP contribution < -0.4 is 5.73 Å². The molecular formula is C10H15NO2S. The SMILES string of the molecule is COC(=O)c1cccc([C@H](C)N)c1.S. The van der Waals surface area contributed by atoms with E-state index in [-0.39, 0.29) is 25.5 Å². The maximum absolute atomic E-state index is 11.1. The summed E-state index contributed by atoms with van der Waals surface area (Å²) in [6.07, 6.45) is 0. The third-order valence-electron chi connectivity index (χ3n) is 1.83. The zero-order chi connectivity index (χ0) is 9.84. The Morgan fingerprint density at radius 3 is 2.64 bits per heavy atom. The molecule has 0 aliphatic rings. The molecule has 2 N–H and O–H groups in total. The Bertz CT molecular complexity index is 313. The number of methoxy groups -OCH3 is 1. The number of esters is 1. The van der Waals surface area contributed by atoms with Gasteiger partial charge in [-0.15, -0.1) is 0 Å². The average molecular weight is 213 g/mol. The van der Waals surface area contributed by atoms with Crippen LogP contribution in [-0.2, 0) is 4.74 Å². The fourth-order valence-corrected chi connectivity index (χ4v) is 1.07. The number of benzene rings is 1. The van der Waals surface area contributed by atoms with Gasteiger partial charge in [-0.05, 0) is 24.6 Å². The molecule has 0 spiro atoms. The molecule has 1 aromatic carbocycles. The van der Waals surface area contributed by atoms with Crippen LogP contribution in [0.4, 0.5) is 0 Å². The quantitative estimate of drug-likeness (QED) is 0.759. The number of rotatable bonds is 2. The van der Waals surface area contributed by atoms with E-state index in [0.29, 0.717) is 5.56 Å². The molecule has 0 aliphatic heterocycles. The van der Waals surface area contributed by atoms with Crippen molar-refractivity contribution in [1.82, 2.24) is 0 Å². The van der Waals surface area contributed by atoms with Crippen molar-refractivity contribution in [3.05, 3.63) is 35.4 Å². The van der Waals surface area contributed by atoms with Crippen LogP contribution >= 0.6 is 13.5 Å². The summed E-state index contributed by atoms with van der Waals surface area (Å²) in [5.41, 5.74) is 7.14. The molecular weight excluding hydrogens is 198 g/mol. The van der Waals surface area contributed by atoms with Gasteiger partial charge in [0.2, 0.25) is 0 Å². The normalized spacial score (nSPS) is 11.4. The molecule has 4 heteroatoms. The van der Waals surface area contributed by atoms with Crippen molar-refractivity contribution >= 4 is 19.5 Å². The Labute approximate surface area is 90.7 Å². The second kappa shape index (κ2) is 5.67. The van der Waals surface area contributed by atoms with Crippen LogP contribution in [0.2, 0.25) is 0 Å². The van der Waals surface area contributed by atoms with Crippen molar-refractivity contribution in [2.24, 2.45) is 5.73 Å². The van der Waals surface area contributed by atoms with Crippen molar-refractivity contribution in [3.63, 3.8) is 0 Å². The monoisotopic (exact) mass is 213 g/mol. The van der Waals surface area contributed by atoms with Gasteiger partial charge in [0.25, 0.3) is 0 Å². The fraction of sp³-hybridized carbons (Fsp3) is 0.300. The average Bonchev–Trinajstić information content (AvgIpc) is 2.17. The van der Waals surface area contributed by atoms with Gasteiger partial charge in [-0.1, -0.05) is 12.1 Å². The van der Waals surface area contributed by atoms with E-state index in [0.717, 1.165) is 5.56 Å². The van der Waals surface area contributed by atoms with Crippen LogP contribution in [0.3, 0.4) is 0 Å². The summed E-state index contributed by atoms with van der Waals surface area (Å²) < 4.78 is 4.59. The molecule has 0 radical (unpaired) electrons. The Balaban J connectivity index is 0.00000169. The van der Waals surface area contributed by atoms with Gasteiger partial charge in [0.15, 0.2) is 0 Å². The van der Waals surface area contributed by atoms with E-state index < -0.39 is 0 Å². The van der Waals surface area contributed by atoms with Gasteiger partial charge >= 0.3 is 5.97 Å². The summed E-state index contributed by atoms with van der Waals surface area (Å²) in [5.74, 6) is -0.331. The van der Waals surface area contributed by atoms with Gasteiger partial charge in [0.1, 0.15) is 0 Å². The van der Waals surface area contributed by atoms with Gasteiger partial charge in [-0.3, -0.25) is 0 Å². The summed E-state index contributed by atoms with van der Waals surface area (Å²) >= 11 is 0. The third-order valence-corrected chi connectivity index (χ3v) is 1.83. The Morgan fingerprint density at radius 2 is 2.14 bits per heavy atom. The molecule has 0 bridgehead atoms. The van der Waals surface area contributed by atoms with Crippen LogP contribution in [0.15, 0.2) is 24.3 Å². The molecule has 0 amide bonds. The summed E-state index contributed by atoms with van der Waals surface area (Å²) in [6.45, 7) is 1.87. The number of nitrogens with two attached hydrogens (primary N) is 1. The van der Waals surface area contributed by atoms with Crippen LogP contribution in [0.1, 0.15) is 28.9 Å². The van der Waals surface area contributed by atoms with Crippen molar-refractivity contribution in [2.45, 2.75) is 13.0 Å². The van der Waals surface area contributed by atoms with Crippen LogP contribution in [-0.4, -0.2) is 13.1 Å². The Morgan fingerprint density at radius 1 is 1.50 bits per heavy atom. The molecule has 0 heterocycles. The highest BCUT2D eigenvalue weighted by molar-refractivity contribution is 7.59. The predicted octanol–water partition coefficient (Wildman–Crippen LogP) is 1.61. The number of ether oxygens (including phenoxy) is 1. The molecule has 0 unspecified atom stereocenters. The lowest BCUT2D eigenvalue weighted by molar-refractivity contribution is 0.0600. The molecule has 14 heavy (non-hydrogen) atoms. The van der Waals surface area contributed by atoms with Gasteiger partial charge < -0.3 is 10.5 Å². The first-order valence-electron chi connectivity index (χ1n) is 4.09. The standard InChI is InChI=1S/C10H13NO2.H2S/c1-7(11)8-4-3-5-9(6-8)10(12)13-2;/h3-7H,11H2,1-2H3;1H2/t7-;/m0./s1. The van der Waals surface area contributed by atoms with E-state index in [1.54, 1.807) is 18.2 Å². The maximum atomic E-state index is 11.1. The van der Waals surface area contributed by atoms with E-state index in [1.165, 1.54) is 7.11 Å². The van der Waals surface area contributed by atoms with E-state index >= 15 is 0 Å². The lowest BCUT2D eigenvalue weighted by Crippen LogP contribution is -2.07. The second-order valence-electron chi connectivity index (χ2n) is 2.91. The third kappa shape index (κ3) is 3.05. The number of carbonyl (C=O) groups excluding carboxylic acids is 1. The first-order valence-corrected chi connectivity index (χ1v) is 4.09. The Kier molecular flexibility index (Phi) is 5.27. The number of hydrogen-bond acceptors (Lipinski definition) is 3.